The van der Waals surface area contributed by atoms with E-state index in [4.69, 9.17) is 4.74 Å². The molecule has 5 heteroatoms. The van der Waals surface area contributed by atoms with Crippen molar-refractivity contribution >= 4 is 29.1 Å². The Labute approximate surface area is 140 Å². The molecule has 2 rings (SSSR count). The smallest absolute Gasteiger partial charge is 0.225 e. The summed E-state index contributed by atoms with van der Waals surface area (Å²) in [6.07, 6.45) is 0.422. The van der Waals surface area contributed by atoms with E-state index in [1.54, 1.807) is 43.1 Å². The molecule has 23 heavy (non-hydrogen) atoms. The van der Waals surface area contributed by atoms with E-state index in [1.807, 2.05) is 24.3 Å². The molecule has 1 N–H and O–H groups in total. The first kappa shape index (κ1) is 17.1. The second kappa shape index (κ2) is 8.39. The summed E-state index contributed by atoms with van der Waals surface area (Å²) in [6.45, 7) is 1.52. The lowest BCUT2D eigenvalue weighted by Gasteiger charge is -2.06. The number of hydrogen-bond acceptors (Lipinski definition) is 4. The Morgan fingerprint density at radius 3 is 2.26 bits per heavy atom. The summed E-state index contributed by atoms with van der Waals surface area (Å²) in [7, 11) is 1.63. The van der Waals surface area contributed by atoms with Crippen molar-refractivity contribution in [2.24, 2.45) is 0 Å². The number of hydrogen-bond donors (Lipinski definition) is 1. The minimum Gasteiger partial charge on any atom is -0.497 e. The van der Waals surface area contributed by atoms with Gasteiger partial charge in [-0.3, -0.25) is 9.59 Å². The van der Waals surface area contributed by atoms with Crippen LogP contribution in [0.15, 0.2) is 53.4 Å². The SMILES string of the molecule is COc1ccc(SCCC(=O)Nc2ccc(C(C)=O)cc2)cc1. The van der Waals surface area contributed by atoms with Gasteiger partial charge >= 0.3 is 0 Å². The van der Waals surface area contributed by atoms with Crippen molar-refractivity contribution in [3.8, 4) is 5.75 Å². The van der Waals surface area contributed by atoms with Gasteiger partial charge in [0.2, 0.25) is 5.91 Å². The van der Waals surface area contributed by atoms with Crippen LogP contribution in [0.1, 0.15) is 23.7 Å². The number of methoxy groups -OCH3 is 1. The molecular weight excluding hydrogens is 310 g/mol. The van der Waals surface area contributed by atoms with Gasteiger partial charge in [-0.15, -0.1) is 11.8 Å². The number of ether oxygens (including phenoxy) is 1. The third-order valence-electron chi connectivity index (χ3n) is 3.23. The highest BCUT2D eigenvalue weighted by Crippen LogP contribution is 2.22. The molecule has 2 aromatic carbocycles. The Hall–Kier alpha value is -2.27. The van der Waals surface area contributed by atoms with Crippen LogP contribution in [0.4, 0.5) is 5.69 Å². The molecule has 0 spiro atoms. The summed E-state index contributed by atoms with van der Waals surface area (Å²) in [6, 6.07) is 14.7. The van der Waals surface area contributed by atoms with Gasteiger partial charge in [-0.05, 0) is 55.5 Å². The van der Waals surface area contributed by atoms with Gasteiger partial charge in [0.15, 0.2) is 5.78 Å². The first-order chi connectivity index (χ1) is 11.1. The summed E-state index contributed by atoms with van der Waals surface area (Å²) in [5, 5.41) is 2.83. The molecule has 0 aliphatic carbocycles. The molecule has 0 heterocycles. The molecule has 4 nitrogen and oxygen atoms in total. The molecule has 0 radical (unpaired) electrons. The van der Waals surface area contributed by atoms with Crippen LogP contribution in [0.2, 0.25) is 0 Å². The Morgan fingerprint density at radius 1 is 1.04 bits per heavy atom. The Kier molecular flexibility index (Phi) is 6.23. The third kappa shape index (κ3) is 5.45. The molecule has 0 aliphatic rings. The fraction of sp³-hybridized carbons (Fsp3) is 0.222. The Bertz CT molecular complexity index is 666. The Balaban J connectivity index is 1.77. The van der Waals surface area contributed by atoms with E-state index in [2.05, 4.69) is 5.32 Å². The van der Waals surface area contributed by atoms with E-state index in [-0.39, 0.29) is 11.7 Å². The van der Waals surface area contributed by atoms with E-state index < -0.39 is 0 Å². The van der Waals surface area contributed by atoms with Crippen molar-refractivity contribution in [3.63, 3.8) is 0 Å². The van der Waals surface area contributed by atoms with Gasteiger partial charge in [0.25, 0.3) is 0 Å². The highest BCUT2D eigenvalue weighted by molar-refractivity contribution is 7.99. The van der Waals surface area contributed by atoms with E-state index in [0.717, 1.165) is 10.6 Å². The zero-order chi connectivity index (χ0) is 16.7. The molecule has 0 aromatic heterocycles. The highest BCUT2D eigenvalue weighted by Gasteiger charge is 2.04. The van der Waals surface area contributed by atoms with Gasteiger partial charge in [0, 0.05) is 28.3 Å². The van der Waals surface area contributed by atoms with Gasteiger partial charge in [0.05, 0.1) is 7.11 Å². The number of Topliss-reactive ketones (excluding diaryl/α,β-unsaturated/α-hetero) is 1. The normalized spacial score (nSPS) is 10.2. The molecular formula is C18H19NO3S. The average molecular weight is 329 g/mol. The molecule has 0 bridgehead atoms. The molecule has 0 unspecified atom stereocenters. The number of carbonyl (C=O) groups is 2. The minimum atomic E-state index is -0.0402. The lowest BCUT2D eigenvalue weighted by molar-refractivity contribution is -0.115. The zero-order valence-electron chi connectivity index (χ0n) is 13.2. The number of carbonyl (C=O) groups excluding carboxylic acids is 2. The topological polar surface area (TPSA) is 55.4 Å². The van der Waals surface area contributed by atoms with E-state index in [0.29, 0.717) is 23.4 Å². The summed E-state index contributed by atoms with van der Waals surface area (Å²) in [5.74, 6) is 1.49. The number of anilines is 1. The van der Waals surface area contributed by atoms with Crippen LogP contribution in [0, 0.1) is 0 Å². The number of amides is 1. The summed E-state index contributed by atoms with van der Waals surface area (Å²) in [5.41, 5.74) is 1.34. The van der Waals surface area contributed by atoms with E-state index >= 15 is 0 Å². The fourth-order valence-corrected chi connectivity index (χ4v) is 2.80. The molecule has 2 aromatic rings. The largest absolute Gasteiger partial charge is 0.497 e. The second-order valence-corrected chi connectivity index (χ2v) is 6.12. The van der Waals surface area contributed by atoms with Crippen LogP contribution >= 0.6 is 11.8 Å². The maximum atomic E-state index is 11.9. The average Bonchev–Trinajstić information content (AvgIpc) is 2.56. The Morgan fingerprint density at radius 2 is 1.70 bits per heavy atom. The first-order valence-corrected chi connectivity index (χ1v) is 8.25. The lowest BCUT2D eigenvalue weighted by atomic mass is 10.1. The highest BCUT2D eigenvalue weighted by atomic mass is 32.2. The predicted octanol–water partition coefficient (Wildman–Crippen LogP) is 4.02. The van der Waals surface area contributed by atoms with Crippen molar-refractivity contribution in [3.05, 3.63) is 54.1 Å². The second-order valence-electron chi connectivity index (χ2n) is 4.96. The van der Waals surface area contributed by atoms with Crippen LogP contribution < -0.4 is 10.1 Å². The van der Waals surface area contributed by atoms with Crippen LogP contribution in [0.25, 0.3) is 0 Å². The van der Waals surface area contributed by atoms with Gasteiger partial charge in [0.1, 0.15) is 5.75 Å². The molecule has 120 valence electrons. The van der Waals surface area contributed by atoms with Gasteiger partial charge < -0.3 is 10.1 Å². The van der Waals surface area contributed by atoms with Crippen molar-refractivity contribution in [1.82, 2.24) is 0 Å². The summed E-state index contributed by atoms with van der Waals surface area (Å²) >= 11 is 1.62. The lowest BCUT2D eigenvalue weighted by Crippen LogP contribution is -2.12. The maximum absolute atomic E-state index is 11.9. The van der Waals surface area contributed by atoms with Gasteiger partial charge in [-0.25, -0.2) is 0 Å². The number of thioether (sulfide) groups is 1. The standard InChI is InChI=1S/C18H19NO3S/c1-13(20)14-3-5-15(6-4-14)19-18(21)11-12-23-17-9-7-16(22-2)8-10-17/h3-10H,11-12H2,1-2H3,(H,19,21). The third-order valence-corrected chi connectivity index (χ3v) is 4.25. The zero-order valence-corrected chi connectivity index (χ0v) is 14.0. The van der Waals surface area contributed by atoms with Gasteiger partial charge in [-0.2, -0.15) is 0 Å². The first-order valence-electron chi connectivity index (χ1n) is 7.26. The monoisotopic (exact) mass is 329 g/mol. The predicted molar refractivity (Wildman–Crippen MR) is 93.4 cm³/mol. The van der Waals surface area contributed by atoms with Crippen molar-refractivity contribution in [2.45, 2.75) is 18.2 Å². The van der Waals surface area contributed by atoms with Crippen molar-refractivity contribution < 1.29 is 14.3 Å². The number of benzene rings is 2. The van der Waals surface area contributed by atoms with E-state index in [9.17, 15) is 9.59 Å². The minimum absolute atomic E-state index is 0.0127. The quantitative estimate of drug-likeness (QED) is 0.616. The van der Waals surface area contributed by atoms with Crippen LogP contribution in [-0.2, 0) is 4.79 Å². The van der Waals surface area contributed by atoms with E-state index in [1.165, 1.54) is 6.92 Å². The number of rotatable bonds is 7. The van der Waals surface area contributed by atoms with Crippen molar-refractivity contribution in [1.29, 1.82) is 0 Å². The fourth-order valence-electron chi connectivity index (χ4n) is 1.95. The summed E-state index contributed by atoms with van der Waals surface area (Å²) < 4.78 is 5.11. The van der Waals surface area contributed by atoms with Crippen molar-refractivity contribution in [2.75, 3.05) is 18.2 Å². The van der Waals surface area contributed by atoms with Crippen LogP contribution in [0.3, 0.4) is 0 Å². The molecule has 0 atom stereocenters. The van der Waals surface area contributed by atoms with Crippen LogP contribution in [0.5, 0.6) is 5.75 Å². The maximum Gasteiger partial charge on any atom is 0.225 e. The number of ketones is 1. The molecule has 1 amide bonds. The van der Waals surface area contributed by atoms with Gasteiger partial charge in [-0.1, -0.05) is 0 Å². The molecule has 0 aliphatic heterocycles. The molecule has 0 saturated carbocycles. The molecule has 0 saturated heterocycles. The molecule has 0 fully saturated rings. The summed E-state index contributed by atoms with van der Waals surface area (Å²) in [4.78, 5) is 24.2. The number of nitrogens with one attached hydrogen (secondary N) is 1. The van der Waals surface area contributed by atoms with Crippen LogP contribution in [-0.4, -0.2) is 24.6 Å².